The molecule has 1 aromatic rings. The third kappa shape index (κ3) is 2.27. The molecule has 1 heterocycles. The lowest BCUT2D eigenvalue weighted by molar-refractivity contribution is 0.514. The smallest absolute Gasteiger partial charge is 0.203 e. The molecule has 1 aliphatic heterocycles. The minimum Gasteiger partial charge on any atom is -0.369 e. The maximum absolute atomic E-state index is 12.5. The van der Waals surface area contributed by atoms with E-state index in [1.807, 2.05) is 31.2 Å². The maximum Gasteiger partial charge on any atom is 0.203 e. The summed E-state index contributed by atoms with van der Waals surface area (Å²) in [6.07, 6.45) is 0. The third-order valence-corrected chi connectivity index (χ3v) is 5.83. The Bertz CT molecular complexity index is 612. The summed E-state index contributed by atoms with van der Waals surface area (Å²) in [4.78, 5) is 4.48. The SMILES string of the molecule is C=S1(=O)C[C@@](C)(c2cccc(Br)c2)N=C(N)N1C. The van der Waals surface area contributed by atoms with Gasteiger partial charge in [-0.2, -0.15) is 0 Å². The fourth-order valence-corrected chi connectivity index (χ4v) is 4.12. The second-order valence-corrected chi connectivity index (χ2v) is 7.97. The van der Waals surface area contributed by atoms with Gasteiger partial charge < -0.3 is 5.73 Å². The highest BCUT2D eigenvalue weighted by Gasteiger charge is 2.36. The molecule has 1 aromatic carbocycles. The van der Waals surface area contributed by atoms with Gasteiger partial charge >= 0.3 is 0 Å². The van der Waals surface area contributed by atoms with Crippen LogP contribution in [0.1, 0.15) is 12.5 Å². The molecular weight excluding hydrogens is 314 g/mol. The van der Waals surface area contributed by atoms with Gasteiger partial charge in [0.05, 0.1) is 21.0 Å². The fraction of sp³-hybridized carbons (Fsp3) is 0.333. The standard InChI is InChI=1S/C12H16BrN3OS/c1-12(9-5-4-6-10(13)7-9)8-18(3,17)16(2)11(14)15-12/h4-7H,3,8H2,1-2H3,(H2,14,15)/t12-,18?/m0/s1. The van der Waals surface area contributed by atoms with Crippen LogP contribution in [0.25, 0.3) is 0 Å². The largest absolute Gasteiger partial charge is 0.369 e. The molecule has 2 N–H and O–H groups in total. The van der Waals surface area contributed by atoms with E-state index in [9.17, 15) is 4.21 Å². The monoisotopic (exact) mass is 329 g/mol. The number of halogens is 1. The van der Waals surface area contributed by atoms with E-state index in [-0.39, 0.29) is 5.96 Å². The first kappa shape index (κ1) is 13.4. The lowest BCUT2D eigenvalue weighted by atomic mass is 9.95. The van der Waals surface area contributed by atoms with Crippen molar-refractivity contribution < 1.29 is 4.21 Å². The summed E-state index contributed by atoms with van der Waals surface area (Å²) < 4.78 is 14.9. The summed E-state index contributed by atoms with van der Waals surface area (Å²) in [6.45, 7) is 1.93. The average Bonchev–Trinajstić information content (AvgIpc) is 2.25. The molecule has 4 nitrogen and oxygen atoms in total. The van der Waals surface area contributed by atoms with Crippen molar-refractivity contribution in [3.8, 4) is 0 Å². The van der Waals surface area contributed by atoms with E-state index in [2.05, 4.69) is 26.8 Å². The van der Waals surface area contributed by atoms with Gasteiger partial charge in [-0.3, -0.25) is 4.31 Å². The first-order valence-electron chi connectivity index (χ1n) is 5.45. The summed E-state index contributed by atoms with van der Waals surface area (Å²) in [6, 6.07) is 7.80. The number of nitrogens with zero attached hydrogens (tertiary/aromatic N) is 2. The van der Waals surface area contributed by atoms with Gasteiger partial charge in [0, 0.05) is 11.5 Å². The highest BCUT2D eigenvalue weighted by molar-refractivity contribution is 9.10. The Balaban J connectivity index is 2.56. The van der Waals surface area contributed by atoms with Crippen LogP contribution in [-0.2, 0) is 15.2 Å². The molecule has 0 bridgehead atoms. The summed E-state index contributed by atoms with van der Waals surface area (Å²) >= 11 is 3.43. The van der Waals surface area contributed by atoms with E-state index >= 15 is 0 Å². The molecule has 98 valence electrons. The predicted octanol–water partition coefficient (Wildman–Crippen LogP) is 1.56. The zero-order valence-corrected chi connectivity index (χ0v) is 12.8. The van der Waals surface area contributed by atoms with Crippen LogP contribution in [0.2, 0.25) is 0 Å². The van der Waals surface area contributed by atoms with E-state index in [1.165, 1.54) is 4.31 Å². The van der Waals surface area contributed by atoms with Crippen LogP contribution in [0.15, 0.2) is 33.7 Å². The van der Waals surface area contributed by atoms with Crippen molar-refractivity contribution in [1.82, 2.24) is 4.31 Å². The zero-order valence-electron chi connectivity index (χ0n) is 10.4. The second-order valence-electron chi connectivity index (χ2n) is 4.67. The number of hydrogen-bond acceptors (Lipinski definition) is 3. The first-order valence-corrected chi connectivity index (χ1v) is 8.09. The van der Waals surface area contributed by atoms with Crippen LogP contribution in [0, 0.1) is 0 Å². The average molecular weight is 330 g/mol. The number of hydrogen-bond donors (Lipinski definition) is 1. The molecule has 1 unspecified atom stereocenters. The fourth-order valence-electron chi connectivity index (χ4n) is 2.03. The Morgan fingerprint density at radius 3 is 2.83 bits per heavy atom. The maximum atomic E-state index is 12.5. The van der Waals surface area contributed by atoms with E-state index in [4.69, 9.17) is 5.73 Å². The number of guanidine groups is 1. The molecule has 0 spiro atoms. The molecule has 0 aliphatic carbocycles. The molecule has 0 amide bonds. The highest BCUT2D eigenvalue weighted by Crippen LogP contribution is 2.32. The molecule has 6 heteroatoms. The normalized spacial score (nSPS) is 32.2. The van der Waals surface area contributed by atoms with Gasteiger partial charge in [-0.25, -0.2) is 9.20 Å². The van der Waals surface area contributed by atoms with Crippen molar-refractivity contribution in [1.29, 1.82) is 0 Å². The lowest BCUT2D eigenvalue weighted by Crippen LogP contribution is -2.50. The Labute approximate surface area is 116 Å². The van der Waals surface area contributed by atoms with Gasteiger partial charge in [-0.15, -0.1) is 0 Å². The van der Waals surface area contributed by atoms with Gasteiger partial charge in [0.1, 0.15) is 0 Å². The quantitative estimate of drug-likeness (QED) is 0.795. The van der Waals surface area contributed by atoms with Crippen LogP contribution >= 0.6 is 15.9 Å². The number of benzene rings is 1. The number of rotatable bonds is 1. The third-order valence-electron chi connectivity index (χ3n) is 3.14. The second kappa shape index (κ2) is 4.28. The Morgan fingerprint density at radius 2 is 2.28 bits per heavy atom. The van der Waals surface area contributed by atoms with Gasteiger partial charge in [0.2, 0.25) is 5.96 Å². The molecule has 0 aromatic heterocycles. The summed E-state index contributed by atoms with van der Waals surface area (Å²) in [5.41, 5.74) is 6.23. The molecule has 2 rings (SSSR count). The zero-order chi connectivity index (χ0) is 13.6. The van der Waals surface area contributed by atoms with E-state index in [1.54, 1.807) is 7.05 Å². The Morgan fingerprint density at radius 1 is 1.61 bits per heavy atom. The van der Waals surface area contributed by atoms with Gasteiger partial charge in [0.25, 0.3) is 0 Å². The Hall–Kier alpha value is -1.01. The molecule has 0 saturated heterocycles. The van der Waals surface area contributed by atoms with Crippen LogP contribution < -0.4 is 5.73 Å². The summed E-state index contributed by atoms with van der Waals surface area (Å²) in [7, 11) is -0.756. The molecule has 18 heavy (non-hydrogen) atoms. The van der Waals surface area contributed by atoms with Crippen LogP contribution in [0.5, 0.6) is 0 Å². The topological polar surface area (TPSA) is 58.7 Å². The van der Waals surface area contributed by atoms with E-state index in [0.717, 1.165) is 10.0 Å². The van der Waals surface area contributed by atoms with Gasteiger partial charge in [-0.05, 0) is 30.5 Å². The summed E-state index contributed by atoms with van der Waals surface area (Å²) in [5, 5.41) is 0. The number of nitrogens with two attached hydrogens (primary N) is 1. The first-order chi connectivity index (χ1) is 8.24. The van der Waals surface area contributed by atoms with Gasteiger partial charge in [0.15, 0.2) is 0 Å². The van der Waals surface area contributed by atoms with E-state index < -0.39 is 15.2 Å². The van der Waals surface area contributed by atoms with Crippen molar-refractivity contribution in [3.63, 3.8) is 0 Å². The van der Waals surface area contributed by atoms with Crippen LogP contribution in [0.4, 0.5) is 0 Å². The molecule has 2 atom stereocenters. The van der Waals surface area contributed by atoms with Crippen molar-refractivity contribution in [2.75, 3.05) is 12.8 Å². The van der Waals surface area contributed by atoms with Crippen molar-refractivity contribution in [2.24, 2.45) is 10.7 Å². The van der Waals surface area contributed by atoms with Crippen LogP contribution in [-0.4, -0.2) is 33.1 Å². The van der Waals surface area contributed by atoms with E-state index in [0.29, 0.717) is 5.75 Å². The van der Waals surface area contributed by atoms with Gasteiger partial charge in [-0.1, -0.05) is 28.1 Å². The van der Waals surface area contributed by atoms with Crippen molar-refractivity contribution >= 4 is 37.5 Å². The molecule has 0 radical (unpaired) electrons. The Kier molecular flexibility index (Phi) is 3.19. The lowest BCUT2D eigenvalue weighted by Gasteiger charge is -2.37. The number of aliphatic imine (C=N–C) groups is 1. The van der Waals surface area contributed by atoms with Crippen LogP contribution in [0.3, 0.4) is 0 Å². The minimum absolute atomic E-state index is 0.267. The summed E-state index contributed by atoms with van der Waals surface area (Å²) in [5.74, 6) is 4.41. The highest BCUT2D eigenvalue weighted by atomic mass is 79.9. The van der Waals surface area contributed by atoms with Crippen molar-refractivity contribution in [3.05, 3.63) is 34.3 Å². The predicted molar refractivity (Wildman–Crippen MR) is 81.0 cm³/mol. The molecular formula is C12H16BrN3OS. The molecule has 0 fully saturated rings. The minimum atomic E-state index is -2.42. The molecule has 0 saturated carbocycles. The van der Waals surface area contributed by atoms with Crippen molar-refractivity contribution in [2.45, 2.75) is 12.5 Å². The molecule has 1 aliphatic rings.